The van der Waals surface area contributed by atoms with Crippen molar-refractivity contribution < 1.29 is 19.5 Å². The van der Waals surface area contributed by atoms with Gasteiger partial charge in [-0.1, -0.05) is 18.2 Å². The minimum atomic E-state index is -0.880. The number of H-pyrrole nitrogens is 1. The van der Waals surface area contributed by atoms with Crippen LogP contribution in [0.4, 0.5) is 0 Å². The molecule has 3 heterocycles. The van der Waals surface area contributed by atoms with Crippen LogP contribution < -0.4 is 5.32 Å². The van der Waals surface area contributed by atoms with Gasteiger partial charge >= 0.3 is 5.97 Å². The second kappa shape index (κ2) is 7.54. The molecule has 1 fully saturated rings. The molecule has 4 rings (SSSR count). The lowest BCUT2D eigenvalue weighted by Crippen LogP contribution is -2.44. The van der Waals surface area contributed by atoms with Crippen molar-refractivity contribution in [1.82, 2.24) is 15.2 Å². The third-order valence-electron chi connectivity index (χ3n) is 6.44. The molecule has 0 radical (unpaired) electrons. The Labute approximate surface area is 169 Å². The number of para-hydroxylation sites is 1. The normalized spacial score (nSPS) is 21.3. The van der Waals surface area contributed by atoms with E-state index in [9.17, 15) is 14.4 Å². The molecular weight excluding hydrogens is 370 g/mol. The number of hydrogen-bond acceptors (Lipinski definition) is 3. The smallest absolute Gasteiger partial charge is 0.303 e. The lowest BCUT2D eigenvalue weighted by molar-refractivity contribution is -0.137. The Bertz CT molecular complexity index is 980. The van der Waals surface area contributed by atoms with E-state index in [1.807, 2.05) is 11.0 Å². The van der Waals surface area contributed by atoms with Gasteiger partial charge < -0.3 is 20.3 Å². The summed E-state index contributed by atoms with van der Waals surface area (Å²) in [5.74, 6) is -0.872. The highest BCUT2D eigenvalue weighted by atomic mass is 16.4. The first kappa shape index (κ1) is 19.5. The molecular formula is C22H27N3O4. The monoisotopic (exact) mass is 397 g/mol. The van der Waals surface area contributed by atoms with Crippen molar-refractivity contribution in [3.8, 4) is 0 Å². The van der Waals surface area contributed by atoms with E-state index in [0.717, 1.165) is 11.9 Å². The molecule has 1 aromatic carbocycles. The molecule has 2 aliphatic rings. The van der Waals surface area contributed by atoms with E-state index in [1.165, 1.54) is 22.2 Å². The molecule has 29 heavy (non-hydrogen) atoms. The molecule has 0 bridgehead atoms. The van der Waals surface area contributed by atoms with Crippen LogP contribution in [0.15, 0.2) is 18.2 Å². The number of fused-ring (bicyclic) bond motifs is 3. The average molecular weight is 397 g/mol. The van der Waals surface area contributed by atoms with E-state index in [4.69, 9.17) is 5.11 Å². The Morgan fingerprint density at radius 2 is 2.00 bits per heavy atom. The van der Waals surface area contributed by atoms with Crippen molar-refractivity contribution in [2.45, 2.75) is 64.0 Å². The van der Waals surface area contributed by atoms with Crippen molar-refractivity contribution >= 4 is 28.7 Å². The zero-order valence-corrected chi connectivity index (χ0v) is 16.7. The van der Waals surface area contributed by atoms with Crippen LogP contribution in [0, 0.1) is 6.92 Å². The molecule has 154 valence electrons. The first-order chi connectivity index (χ1) is 13.9. The molecule has 0 saturated carbocycles. The molecule has 7 nitrogen and oxygen atoms in total. The maximum Gasteiger partial charge on any atom is 0.303 e. The van der Waals surface area contributed by atoms with Gasteiger partial charge in [-0.15, -0.1) is 0 Å². The fourth-order valence-electron chi connectivity index (χ4n) is 4.72. The Hall–Kier alpha value is -2.83. The van der Waals surface area contributed by atoms with Gasteiger partial charge in [-0.2, -0.15) is 0 Å². The summed E-state index contributed by atoms with van der Waals surface area (Å²) < 4.78 is 0. The maximum atomic E-state index is 12.9. The third-order valence-corrected chi connectivity index (χ3v) is 6.44. The molecule has 3 N–H and O–H groups in total. The molecule has 7 heteroatoms. The Kier molecular flexibility index (Phi) is 5.06. The van der Waals surface area contributed by atoms with Crippen molar-refractivity contribution in [1.29, 1.82) is 0 Å². The van der Waals surface area contributed by atoms with Gasteiger partial charge in [-0.3, -0.25) is 14.4 Å². The number of carbonyl (C=O) groups is 3. The first-order valence-corrected chi connectivity index (χ1v) is 10.3. The summed E-state index contributed by atoms with van der Waals surface area (Å²) in [5, 5.41) is 13.1. The third kappa shape index (κ3) is 3.86. The van der Waals surface area contributed by atoms with Gasteiger partial charge in [0.25, 0.3) is 0 Å². The van der Waals surface area contributed by atoms with Gasteiger partial charge in [0.2, 0.25) is 11.8 Å². The van der Waals surface area contributed by atoms with Crippen LogP contribution in [0.5, 0.6) is 0 Å². The summed E-state index contributed by atoms with van der Waals surface area (Å²) in [5.41, 5.74) is 4.18. The minimum Gasteiger partial charge on any atom is -0.481 e. The predicted octanol–water partition coefficient (Wildman–Crippen LogP) is 2.65. The Balaban J connectivity index is 1.44. The predicted molar refractivity (Wildman–Crippen MR) is 108 cm³/mol. The summed E-state index contributed by atoms with van der Waals surface area (Å²) in [6.07, 6.45) is 2.96. The number of nitrogens with zero attached hydrogens (tertiary/aromatic N) is 1. The van der Waals surface area contributed by atoms with E-state index >= 15 is 0 Å². The molecule has 2 amide bonds. The number of aromatic amines is 1. The summed E-state index contributed by atoms with van der Waals surface area (Å²) in [6, 6.07) is 6.22. The lowest BCUT2D eigenvalue weighted by Gasteiger charge is -2.31. The van der Waals surface area contributed by atoms with E-state index in [1.54, 1.807) is 0 Å². The summed E-state index contributed by atoms with van der Waals surface area (Å²) in [7, 11) is 0. The van der Waals surface area contributed by atoms with E-state index < -0.39 is 11.5 Å². The summed E-state index contributed by atoms with van der Waals surface area (Å²) in [6.45, 7) is 3.35. The fraction of sp³-hybridized carbons (Fsp3) is 0.500. The minimum absolute atomic E-state index is 0.00373. The van der Waals surface area contributed by atoms with Crippen molar-refractivity contribution in [2.24, 2.45) is 0 Å². The number of carboxylic acids is 1. The number of benzene rings is 1. The molecule has 1 aromatic heterocycles. The van der Waals surface area contributed by atoms with Crippen LogP contribution in [0.1, 0.15) is 55.3 Å². The zero-order valence-electron chi connectivity index (χ0n) is 16.7. The van der Waals surface area contributed by atoms with E-state index in [-0.39, 0.29) is 18.2 Å². The van der Waals surface area contributed by atoms with E-state index in [0.29, 0.717) is 45.2 Å². The number of aromatic nitrogens is 1. The molecule has 0 spiro atoms. The van der Waals surface area contributed by atoms with Crippen molar-refractivity contribution in [3.05, 3.63) is 35.0 Å². The number of nitrogens with one attached hydrogen (secondary N) is 2. The lowest BCUT2D eigenvalue weighted by atomic mass is 9.86. The number of hydrogen-bond donors (Lipinski definition) is 3. The largest absolute Gasteiger partial charge is 0.481 e. The molecule has 0 unspecified atom stereocenters. The second-order valence-electron chi connectivity index (χ2n) is 8.37. The highest BCUT2D eigenvalue weighted by Gasteiger charge is 2.38. The SMILES string of the molecule is Cc1cccc2c3c([nH]c12)CCN(C(=O)CC[C@@]1(CCC(=O)O)CCC(=O)N1)C3. The quantitative estimate of drug-likeness (QED) is 0.697. The van der Waals surface area contributed by atoms with Crippen molar-refractivity contribution in [2.75, 3.05) is 6.54 Å². The first-order valence-electron chi connectivity index (χ1n) is 10.3. The van der Waals surface area contributed by atoms with Gasteiger partial charge in [-0.25, -0.2) is 0 Å². The highest BCUT2D eigenvalue weighted by molar-refractivity contribution is 5.88. The van der Waals surface area contributed by atoms with Gasteiger partial charge in [0.1, 0.15) is 0 Å². The van der Waals surface area contributed by atoms with Gasteiger partial charge in [0.15, 0.2) is 0 Å². The van der Waals surface area contributed by atoms with Gasteiger partial charge in [0.05, 0.1) is 0 Å². The van der Waals surface area contributed by atoms with E-state index in [2.05, 4.69) is 29.4 Å². The van der Waals surface area contributed by atoms with Crippen molar-refractivity contribution in [3.63, 3.8) is 0 Å². The van der Waals surface area contributed by atoms with Crippen LogP contribution in [0.2, 0.25) is 0 Å². The van der Waals surface area contributed by atoms with Crippen LogP contribution in [-0.2, 0) is 27.3 Å². The molecule has 1 saturated heterocycles. The number of aliphatic carboxylic acids is 1. The average Bonchev–Trinajstić information content (AvgIpc) is 3.26. The second-order valence-corrected chi connectivity index (χ2v) is 8.37. The Morgan fingerprint density at radius 1 is 1.21 bits per heavy atom. The topological polar surface area (TPSA) is 102 Å². The van der Waals surface area contributed by atoms with Crippen LogP contribution in [0.3, 0.4) is 0 Å². The summed E-state index contributed by atoms with van der Waals surface area (Å²) >= 11 is 0. The number of carboxylic acid groups (broad SMARTS) is 1. The number of amides is 2. The van der Waals surface area contributed by atoms with Crippen LogP contribution >= 0.6 is 0 Å². The number of aryl methyl sites for hydroxylation is 1. The van der Waals surface area contributed by atoms with Gasteiger partial charge in [0, 0.05) is 66.5 Å². The molecule has 2 aliphatic heterocycles. The van der Waals surface area contributed by atoms with Gasteiger partial charge in [-0.05, 0) is 31.7 Å². The number of carbonyl (C=O) groups excluding carboxylic acids is 2. The Morgan fingerprint density at radius 3 is 2.72 bits per heavy atom. The molecule has 2 aromatic rings. The summed E-state index contributed by atoms with van der Waals surface area (Å²) in [4.78, 5) is 41.1. The maximum absolute atomic E-state index is 12.9. The number of rotatable bonds is 6. The fourth-order valence-corrected chi connectivity index (χ4v) is 4.72. The molecule has 1 atom stereocenters. The van der Waals surface area contributed by atoms with Crippen LogP contribution in [-0.4, -0.2) is 44.9 Å². The zero-order chi connectivity index (χ0) is 20.6. The molecule has 0 aliphatic carbocycles. The van der Waals surface area contributed by atoms with Crippen LogP contribution in [0.25, 0.3) is 10.9 Å². The highest BCUT2D eigenvalue weighted by Crippen LogP contribution is 2.32. The standard InChI is InChI=1S/C22H27N3O4/c1-14-3-2-4-15-16-13-25(12-8-17(16)23-21(14)15)19(27)6-10-22(11-7-20(28)29)9-5-18(26)24-22/h2-4,23H,5-13H2,1H3,(H,24,26)(H,28,29)/t22-/m1/s1.